The summed E-state index contributed by atoms with van der Waals surface area (Å²) in [6.07, 6.45) is 1.85. The van der Waals surface area contributed by atoms with Gasteiger partial charge in [0.1, 0.15) is 6.04 Å². The predicted molar refractivity (Wildman–Crippen MR) is 125 cm³/mol. The van der Waals surface area contributed by atoms with E-state index in [1.165, 1.54) is 6.92 Å². The first-order valence-electron chi connectivity index (χ1n) is 10.2. The van der Waals surface area contributed by atoms with Gasteiger partial charge in [-0.1, -0.05) is 31.2 Å². The number of hydrogen-bond acceptors (Lipinski definition) is 4. The van der Waals surface area contributed by atoms with Crippen molar-refractivity contribution in [3.8, 4) is 0 Å². The summed E-state index contributed by atoms with van der Waals surface area (Å²) in [7, 11) is -3.75. The quantitative estimate of drug-likeness (QED) is 0.649. The van der Waals surface area contributed by atoms with Gasteiger partial charge in [0.2, 0.25) is 15.9 Å². The van der Waals surface area contributed by atoms with E-state index in [1.54, 1.807) is 37.3 Å². The molecule has 7 nitrogen and oxygen atoms in total. The van der Waals surface area contributed by atoms with Gasteiger partial charge in [-0.05, 0) is 63.4 Å². The molecule has 8 heteroatoms. The van der Waals surface area contributed by atoms with E-state index in [2.05, 4.69) is 10.6 Å². The number of anilines is 2. The van der Waals surface area contributed by atoms with E-state index in [0.717, 1.165) is 28.1 Å². The third-order valence-corrected chi connectivity index (χ3v) is 6.34. The lowest BCUT2D eigenvalue weighted by Gasteiger charge is -2.30. The van der Waals surface area contributed by atoms with E-state index in [0.29, 0.717) is 16.9 Å². The molecule has 2 atom stereocenters. The lowest BCUT2D eigenvalue weighted by atomic mass is 10.1. The average molecular weight is 446 g/mol. The zero-order valence-electron chi connectivity index (χ0n) is 18.9. The molecule has 2 amide bonds. The number of aryl methyl sites for hydroxylation is 2. The SMILES string of the molecule is CC[C@H](C)NC(=O)c1ccccc1NC(=O)[C@H](C)N(c1cc(C)ccc1C)S(C)(=O)=O. The second-order valence-corrected chi connectivity index (χ2v) is 9.70. The topological polar surface area (TPSA) is 95.6 Å². The molecule has 0 heterocycles. The summed E-state index contributed by atoms with van der Waals surface area (Å²) >= 11 is 0. The van der Waals surface area contributed by atoms with Crippen molar-refractivity contribution in [2.45, 2.75) is 53.1 Å². The molecule has 0 bridgehead atoms. The Morgan fingerprint density at radius 2 is 1.71 bits per heavy atom. The lowest BCUT2D eigenvalue weighted by Crippen LogP contribution is -2.46. The Bertz CT molecular complexity index is 1070. The summed E-state index contributed by atoms with van der Waals surface area (Å²) in [6.45, 7) is 9.05. The highest BCUT2D eigenvalue weighted by atomic mass is 32.2. The summed E-state index contributed by atoms with van der Waals surface area (Å²) in [4.78, 5) is 25.7. The van der Waals surface area contributed by atoms with E-state index in [4.69, 9.17) is 0 Å². The summed E-state index contributed by atoms with van der Waals surface area (Å²) in [6, 6.07) is 11.1. The van der Waals surface area contributed by atoms with Gasteiger partial charge in [0, 0.05) is 6.04 Å². The third-order valence-electron chi connectivity index (χ3n) is 5.11. The van der Waals surface area contributed by atoms with Gasteiger partial charge in [-0.15, -0.1) is 0 Å². The number of carbonyl (C=O) groups is 2. The number of hydrogen-bond donors (Lipinski definition) is 2. The van der Waals surface area contributed by atoms with Crippen LogP contribution in [-0.2, 0) is 14.8 Å². The fourth-order valence-corrected chi connectivity index (χ4v) is 4.39. The first kappa shape index (κ1) is 24.4. The molecule has 0 aliphatic rings. The minimum atomic E-state index is -3.75. The molecule has 0 unspecified atom stereocenters. The van der Waals surface area contributed by atoms with Crippen LogP contribution in [-0.4, -0.2) is 38.6 Å². The Morgan fingerprint density at radius 1 is 1.06 bits per heavy atom. The van der Waals surface area contributed by atoms with Crippen LogP contribution in [0.1, 0.15) is 48.7 Å². The van der Waals surface area contributed by atoms with Crippen LogP contribution in [0.5, 0.6) is 0 Å². The van der Waals surface area contributed by atoms with E-state index in [1.807, 2.05) is 32.9 Å². The largest absolute Gasteiger partial charge is 0.350 e. The maximum absolute atomic E-state index is 13.1. The minimum absolute atomic E-state index is 0.0137. The van der Waals surface area contributed by atoms with Gasteiger partial charge in [-0.2, -0.15) is 0 Å². The fraction of sp³-hybridized carbons (Fsp3) is 0.391. The third kappa shape index (κ3) is 6.07. The number of nitrogens with zero attached hydrogens (tertiary/aromatic N) is 1. The van der Waals surface area contributed by atoms with Gasteiger partial charge in [0.25, 0.3) is 5.91 Å². The molecule has 0 aromatic heterocycles. The van der Waals surface area contributed by atoms with Crippen LogP contribution < -0.4 is 14.9 Å². The molecule has 2 aromatic carbocycles. The second-order valence-electron chi connectivity index (χ2n) is 7.84. The van der Waals surface area contributed by atoms with Crippen molar-refractivity contribution in [3.05, 3.63) is 59.2 Å². The summed E-state index contributed by atoms with van der Waals surface area (Å²) in [5, 5.41) is 5.61. The number of carbonyl (C=O) groups excluding carboxylic acids is 2. The van der Waals surface area contributed by atoms with Gasteiger partial charge in [-0.25, -0.2) is 8.42 Å². The van der Waals surface area contributed by atoms with Crippen molar-refractivity contribution < 1.29 is 18.0 Å². The van der Waals surface area contributed by atoms with Crippen molar-refractivity contribution in [2.24, 2.45) is 0 Å². The van der Waals surface area contributed by atoms with Crippen LogP contribution in [0.15, 0.2) is 42.5 Å². The summed E-state index contributed by atoms with van der Waals surface area (Å²) in [5.74, 6) is -0.831. The van der Waals surface area contributed by atoms with Gasteiger partial charge in [0.15, 0.2) is 0 Å². The van der Waals surface area contributed by atoms with E-state index in [-0.39, 0.29) is 11.9 Å². The molecule has 2 aromatic rings. The fourth-order valence-electron chi connectivity index (χ4n) is 3.17. The van der Waals surface area contributed by atoms with Crippen molar-refractivity contribution in [1.82, 2.24) is 5.32 Å². The number of para-hydroxylation sites is 1. The van der Waals surface area contributed by atoms with Gasteiger partial charge >= 0.3 is 0 Å². The Hall–Kier alpha value is -2.87. The molecule has 0 aliphatic carbocycles. The molecule has 31 heavy (non-hydrogen) atoms. The second kappa shape index (κ2) is 9.96. The van der Waals surface area contributed by atoms with Crippen LogP contribution in [0.25, 0.3) is 0 Å². The maximum Gasteiger partial charge on any atom is 0.253 e. The lowest BCUT2D eigenvalue weighted by molar-refractivity contribution is -0.116. The Morgan fingerprint density at radius 3 is 2.32 bits per heavy atom. The minimum Gasteiger partial charge on any atom is -0.350 e. The average Bonchev–Trinajstić information content (AvgIpc) is 2.69. The zero-order valence-corrected chi connectivity index (χ0v) is 19.7. The number of nitrogens with one attached hydrogen (secondary N) is 2. The first-order chi connectivity index (χ1) is 14.5. The van der Waals surface area contributed by atoms with Crippen molar-refractivity contribution in [2.75, 3.05) is 15.9 Å². The highest BCUT2D eigenvalue weighted by molar-refractivity contribution is 7.92. The number of benzene rings is 2. The van der Waals surface area contributed by atoms with Gasteiger partial charge in [0.05, 0.1) is 23.2 Å². The smallest absolute Gasteiger partial charge is 0.253 e. The number of sulfonamides is 1. The molecule has 0 saturated heterocycles. The molecule has 0 saturated carbocycles. The molecule has 168 valence electrons. The molecular formula is C23H31N3O4S. The molecule has 0 aliphatic heterocycles. The van der Waals surface area contributed by atoms with E-state index in [9.17, 15) is 18.0 Å². The van der Waals surface area contributed by atoms with Crippen LogP contribution in [0.2, 0.25) is 0 Å². The van der Waals surface area contributed by atoms with Crippen molar-refractivity contribution in [3.63, 3.8) is 0 Å². The maximum atomic E-state index is 13.1. The van der Waals surface area contributed by atoms with Crippen LogP contribution in [0.3, 0.4) is 0 Å². The summed E-state index contributed by atoms with van der Waals surface area (Å²) < 4.78 is 26.3. The highest BCUT2D eigenvalue weighted by Gasteiger charge is 2.31. The standard InChI is InChI=1S/C23H31N3O4S/c1-7-17(4)24-23(28)19-10-8-9-11-20(19)25-22(27)18(5)26(31(6,29)30)21-14-15(2)12-13-16(21)3/h8-14,17-18H,7H2,1-6H3,(H,24,28)(H,25,27)/t17-,18-/m0/s1. The number of amides is 2. The molecule has 2 rings (SSSR count). The van der Waals surface area contributed by atoms with Crippen LogP contribution >= 0.6 is 0 Å². The first-order valence-corrected chi connectivity index (χ1v) is 12.1. The van der Waals surface area contributed by atoms with Crippen LogP contribution in [0.4, 0.5) is 11.4 Å². The van der Waals surface area contributed by atoms with E-state index < -0.39 is 22.0 Å². The molecule has 0 spiro atoms. The highest BCUT2D eigenvalue weighted by Crippen LogP contribution is 2.27. The molecule has 0 fully saturated rings. The Labute approximate surface area is 184 Å². The van der Waals surface area contributed by atoms with Crippen LogP contribution in [0, 0.1) is 13.8 Å². The van der Waals surface area contributed by atoms with Gasteiger partial charge < -0.3 is 10.6 Å². The van der Waals surface area contributed by atoms with Crippen molar-refractivity contribution in [1.29, 1.82) is 0 Å². The van der Waals surface area contributed by atoms with E-state index >= 15 is 0 Å². The van der Waals surface area contributed by atoms with Crippen molar-refractivity contribution >= 4 is 33.2 Å². The zero-order chi connectivity index (χ0) is 23.3. The Balaban J connectivity index is 2.36. The Kier molecular flexibility index (Phi) is 7.84. The molecular weight excluding hydrogens is 414 g/mol. The number of rotatable bonds is 8. The normalized spacial score (nSPS) is 13.2. The van der Waals surface area contributed by atoms with Gasteiger partial charge in [-0.3, -0.25) is 13.9 Å². The monoisotopic (exact) mass is 445 g/mol. The predicted octanol–water partition coefficient (Wildman–Crippen LogP) is 3.62. The summed E-state index contributed by atoms with van der Waals surface area (Å²) in [5.41, 5.74) is 2.72. The molecule has 0 radical (unpaired) electrons. The molecule has 2 N–H and O–H groups in total.